The molecule has 0 saturated carbocycles. The first-order valence-electron chi connectivity index (χ1n) is 2.71. The van der Waals surface area contributed by atoms with Gasteiger partial charge in [-0.05, 0) is 35.6 Å². The highest BCUT2D eigenvalue weighted by atomic mass is 127. The van der Waals surface area contributed by atoms with Crippen molar-refractivity contribution in [1.29, 1.82) is 0 Å². The third kappa shape index (κ3) is 2.01. The second kappa shape index (κ2) is 2.73. The molecule has 0 spiro atoms. The van der Waals surface area contributed by atoms with Crippen LogP contribution in [0.15, 0.2) is 18.2 Å². The standard InChI is InChI=1S/C7H6BI/c1-5-2-6(8)4-7(9)3-5/h2-4H,1H3. The van der Waals surface area contributed by atoms with Crippen LogP contribution in [-0.4, -0.2) is 7.85 Å². The van der Waals surface area contributed by atoms with Gasteiger partial charge in [-0.2, -0.15) is 0 Å². The van der Waals surface area contributed by atoms with E-state index >= 15 is 0 Å². The van der Waals surface area contributed by atoms with Crippen LogP contribution in [0.5, 0.6) is 0 Å². The van der Waals surface area contributed by atoms with Gasteiger partial charge in [-0.1, -0.05) is 23.2 Å². The zero-order chi connectivity index (χ0) is 6.85. The van der Waals surface area contributed by atoms with Crippen LogP contribution in [0.2, 0.25) is 0 Å². The fraction of sp³-hybridized carbons (Fsp3) is 0.143. The molecule has 0 fully saturated rings. The van der Waals surface area contributed by atoms with Gasteiger partial charge in [-0.15, -0.1) is 0 Å². The smallest absolute Gasteiger partial charge is 0.0954 e. The lowest BCUT2D eigenvalue weighted by Gasteiger charge is -1.96. The molecule has 0 heterocycles. The Bertz CT molecular complexity index is 170. The molecule has 0 saturated heterocycles. The van der Waals surface area contributed by atoms with Crippen LogP contribution in [0.3, 0.4) is 0 Å². The molecule has 0 aliphatic heterocycles. The summed E-state index contributed by atoms with van der Waals surface area (Å²) in [6, 6.07) is 6.01. The topological polar surface area (TPSA) is 0 Å². The van der Waals surface area contributed by atoms with Gasteiger partial charge in [-0.3, -0.25) is 0 Å². The molecule has 2 radical (unpaired) electrons. The molecule has 0 unspecified atom stereocenters. The van der Waals surface area contributed by atoms with Gasteiger partial charge in [0.15, 0.2) is 0 Å². The van der Waals surface area contributed by atoms with Crippen LogP contribution in [-0.2, 0) is 0 Å². The van der Waals surface area contributed by atoms with Crippen LogP contribution in [0, 0.1) is 10.5 Å². The molecular formula is C7H6BI. The highest BCUT2D eigenvalue weighted by molar-refractivity contribution is 14.1. The van der Waals surface area contributed by atoms with Crippen LogP contribution in [0.1, 0.15) is 5.56 Å². The fourth-order valence-corrected chi connectivity index (χ4v) is 1.62. The lowest BCUT2D eigenvalue weighted by Crippen LogP contribution is -2.02. The fourth-order valence-electron chi connectivity index (χ4n) is 0.765. The predicted octanol–water partition coefficient (Wildman–Crippen LogP) is 1.39. The minimum absolute atomic E-state index is 0.847. The summed E-state index contributed by atoms with van der Waals surface area (Å²) in [5, 5.41) is 0. The maximum Gasteiger partial charge on any atom is 0.113 e. The average molecular weight is 228 g/mol. The third-order valence-electron chi connectivity index (χ3n) is 1.06. The maximum atomic E-state index is 5.55. The summed E-state index contributed by atoms with van der Waals surface area (Å²) in [6.07, 6.45) is 0. The summed E-state index contributed by atoms with van der Waals surface area (Å²) in [6.45, 7) is 2.04. The first kappa shape index (κ1) is 7.13. The molecule has 1 rings (SSSR count). The quantitative estimate of drug-likeness (QED) is 0.464. The monoisotopic (exact) mass is 228 g/mol. The van der Waals surface area contributed by atoms with Crippen LogP contribution < -0.4 is 5.46 Å². The molecule has 0 nitrogen and oxygen atoms in total. The van der Waals surface area contributed by atoms with Crippen molar-refractivity contribution in [2.24, 2.45) is 0 Å². The number of hydrogen-bond acceptors (Lipinski definition) is 0. The Morgan fingerprint density at radius 1 is 1.33 bits per heavy atom. The third-order valence-corrected chi connectivity index (χ3v) is 1.69. The zero-order valence-electron chi connectivity index (χ0n) is 5.19. The van der Waals surface area contributed by atoms with E-state index in [1.54, 1.807) is 0 Å². The second-order valence-corrected chi connectivity index (χ2v) is 3.31. The summed E-state index contributed by atoms with van der Waals surface area (Å²) >= 11 is 2.25. The van der Waals surface area contributed by atoms with Crippen LogP contribution >= 0.6 is 22.6 Å². The van der Waals surface area contributed by atoms with E-state index in [9.17, 15) is 0 Å². The molecule has 1 aromatic rings. The van der Waals surface area contributed by atoms with E-state index < -0.39 is 0 Å². The molecule has 0 N–H and O–H groups in total. The molecule has 2 heteroatoms. The van der Waals surface area contributed by atoms with Crippen molar-refractivity contribution >= 4 is 35.9 Å². The molecule has 0 bridgehead atoms. The summed E-state index contributed by atoms with van der Waals surface area (Å²) in [5.41, 5.74) is 2.07. The predicted molar refractivity (Wildman–Crippen MR) is 49.3 cm³/mol. The minimum atomic E-state index is 0.847. The molecule has 0 amide bonds. The molecular weight excluding hydrogens is 222 g/mol. The number of halogens is 1. The van der Waals surface area contributed by atoms with Gasteiger partial charge in [0, 0.05) is 3.57 Å². The van der Waals surface area contributed by atoms with Gasteiger partial charge in [0.25, 0.3) is 0 Å². The number of benzene rings is 1. The molecule has 9 heavy (non-hydrogen) atoms. The number of aryl methyl sites for hydroxylation is 1. The van der Waals surface area contributed by atoms with Crippen molar-refractivity contribution < 1.29 is 0 Å². The van der Waals surface area contributed by atoms with Crippen molar-refractivity contribution in [3.05, 3.63) is 27.3 Å². The Morgan fingerprint density at radius 3 is 2.44 bits per heavy atom. The summed E-state index contributed by atoms with van der Waals surface area (Å²) < 4.78 is 1.20. The van der Waals surface area contributed by atoms with Crippen molar-refractivity contribution in [2.75, 3.05) is 0 Å². The van der Waals surface area contributed by atoms with Gasteiger partial charge >= 0.3 is 0 Å². The lowest BCUT2D eigenvalue weighted by molar-refractivity contribution is 1.47. The van der Waals surface area contributed by atoms with E-state index in [0.717, 1.165) is 5.46 Å². The van der Waals surface area contributed by atoms with E-state index in [1.807, 2.05) is 19.1 Å². The van der Waals surface area contributed by atoms with E-state index in [0.29, 0.717) is 0 Å². The molecule has 1 aromatic carbocycles. The highest BCUT2D eigenvalue weighted by Gasteiger charge is 1.88. The molecule has 0 atom stereocenters. The van der Waals surface area contributed by atoms with Gasteiger partial charge in [0.2, 0.25) is 0 Å². The van der Waals surface area contributed by atoms with Crippen molar-refractivity contribution in [3.8, 4) is 0 Å². The molecule has 44 valence electrons. The van der Waals surface area contributed by atoms with Gasteiger partial charge in [0.05, 0.1) is 0 Å². The van der Waals surface area contributed by atoms with Gasteiger partial charge in [-0.25, -0.2) is 0 Å². The van der Waals surface area contributed by atoms with Crippen LogP contribution in [0.25, 0.3) is 0 Å². The Balaban J connectivity index is 3.17. The summed E-state index contributed by atoms with van der Waals surface area (Å²) in [7, 11) is 5.55. The largest absolute Gasteiger partial charge is 0.113 e. The van der Waals surface area contributed by atoms with Crippen molar-refractivity contribution in [1.82, 2.24) is 0 Å². The van der Waals surface area contributed by atoms with Crippen molar-refractivity contribution in [2.45, 2.75) is 6.92 Å². The maximum absolute atomic E-state index is 5.55. The Morgan fingerprint density at radius 2 is 2.00 bits per heavy atom. The highest BCUT2D eigenvalue weighted by Crippen LogP contribution is 2.03. The summed E-state index contributed by atoms with van der Waals surface area (Å²) in [5.74, 6) is 0. The normalized spacial score (nSPS) is 9.56. The van der Waals surface area contributed by atoms with Crippen molar-refractivity contribution in [3.63, 3.8) is 0 Å². The van der Waals surface area contributed by atoms with E-state index in [4.69, 9.17) is 7.85 Å². The number of hydrogen-bond donors (Lipinski definition) is 0. The van der Waals surface area contributed by atoms with E-state index in [2.05, 4.69) is 28.7 Å². The Hall–Kier alpha value is 0.0149. The van der Waals surface area contributed by atoms with Gasteiger partial charge in [0.1, 0.15) is 7.85 Å². The summed E-state index contributed by atoms with van der Waals surface area (Å²) in [4.78, 5) is 0. The first-order chi connectivity index (χ1) is 4.18. The second-order valence-electron chi connectivity index (χ2n) is 2.06. The SMILES string of the molecule is [B]c1cc(C)cc(I)c1. The molecule has 0 aliphatic rings. The first-order valence-corrected chi connectivity index (χ1v) is 3.79. The molecule has 0 aromatic heterocycles. The zero-order valence-corrected chi connectivity index (χ0v) is 7.34. The minimum Gasteiger partial charge on any atom is -0.0954 e. The average Bonchev–Trinajstić information content (AvgIpc) is 1.59. The van der Waals surface area contributed by atoms with Crippen LogP contribution in [0.4, 0.5) is 0 Å². The van der Waals surface area contributed by atoms with Gasteiger partial charge < -0.3 is 0 Å². The Labute approximate surface area is 70.2 Å². The number of rotatable bonds is 0. The molecule has 0 aliphatic carbocycles. The Kier molecular flexibility index (Phi) is 2.16. The van der Waals surface area contributed by atoms with E-state index in [1.165, 1.54) is 9.13 Å². The van der Waals surface area contributed by atoms with E-state index in [-0.39, 0.29) is 0 Å². The lowest BCUT2D eigenvalue weighted by atomic mass is 9.95.